The number of phenols is 1. The van der Waals surface area contributed by atoms with Crippen molar-refractivity contribution in [2.24, 2.45) is 4.99 Å². The van der Waals surface area contributed by atoms with Gasteiger partial charge in [0.2, 0.25) is 0 Å². The maximum Gasteiger partial charge on any atom is 0.191 e. The summed E-state index contributed by atoms with van der Waals surface area (Å²) in [5.74, 6) is 1.19. The number of rotatable bonds is 4. The monoisotopic (exact) mass is 378 g/mol. The summed E-state index contributed by atoms with van der Waals surface area (Å²) in [4.78, 5) is 6.81. The van der Waals surface area contributed by atoms with Crippen LogP contribution in [0.3, 0.4) is 0 Å². The average Bonchev–Trinajstić information content (AvgIpc) is 3.21. The fraction of sp³-hybridized carbons (Fsp3) is 0.435. The van der Waals surface area contributed by atoms with Crippen LogP contribution in [0.2, 0.25) is 0 Å². The van der Waals surface area contributed by atoms with Crippen molar-refractivity contribution in [1.29, 1.82) is 0 Å². The third-order valence-corrected chi connectivity index (χ3v) is 5.93. The Hall–Kier alpha value is -2.69. The number of phenolic OH excluding ortho intramolecular Hbond substituents is 1. The van der Waals surface area contributed by atoms with Crippen LogP contribution in [0.25, 0.3) is 0 Å². The van der Waals surface area contributed by atoms with Crippen molar-refractivity contribution in [3.05, 3.63) is 59.2 Å². The van der Waals surface area contributed by atoms with Gasteiger partial charge in [0.05, 0.1) is 0 Å². The second kappa shape index (κ2) is 8.55. The van der Waals surface area contributed by atoms with Crippen LogP contribution in [-0.2, 0) is 19.4 Å². The topological polar surface area (TPSA) is 59.9 Å². The Morgan fingerprint density at radius 3 is 2.79 bits per heavy atom. The number of fused-ring (bicyclic) bond motifs is 1. The lowest BCUT2D eigenvalue weighted by molar-refractivity contribution is 0.464. The standard InChI is InChI=1S/C23H30N4O/c1-24-23(26-18-13-14-27(16-18)19-8-3-2-4-9-19)25-15-21-20-10-6-5-7-17(20)11-12-22(21)28/h2-4,8-9,11-12,18,28H,5-7,10,13-16H2,1H3,(H2,24,25,26). The summed E-state index contributed by atoms with van der Waals surface area (Å²) < 4.78 is 0. The van der Waals surface area contributed by atoms with Crippen LogP contribution >= 0.6 is 0 Å². The molecule has 5 nitrogen and oxygen atoms in total. The molecule has 1 saturated heterocycles. The molecule has 0 amide bonds. The van der Waals surface area contributed by atoms with E-state index in [9.17, 15) is 5.11 Å². The third kappa shape index (κ3) is 4.08. The van der Waals surface area contributed by atoms with E-state index in [1.165, 1.54) is 29.7 Å². The number of aromatic hydroxyl groups is 1. The smallest absolute Gasteiger partial charge is 0.191 e. The van der Waals surface area contributed by atoms with Gasteiger partial charge in [-0.05, 0) is 61.4 Å². The molecule has 1 fully saturated rings. The van der Waals surface area contributed by atoms with Gasteiger partial charge in [-0.2, -0.15) is 0 Å². The van der Waals surface area contributed by atoms with Gasteiger partial charge in [0.15, 0.2) is 5.96 Å². The summed E-state index contributed by atoms with van der Waals surface area (Å²) in [6, 6.07) is 14.8. The minimum atomic E-state index is 0.365. The lowest BCUT2D eigenvalue weighted by Gasteiger charge is -2.23. The minimum Gasteiger partial charge on any atom is -0.508 e. The summed E-state index contributed by atoms with van der Waals surface area (Å²) in [6.07, 6.45) is 5.71. The van der Waals surface area contributed by atoms with E-state index in [4.69, 9.17) is 0 Å². The zero-order chi connectivity index (χ0) is 19.3. The molecule has 1 unspecified atom stereocenters. The number of hydrogen-bond acceptors (Lipinski definition) is 3. The average molecular weight is 379 g/mol. The molecule has 0 bridgehead atoms. The van der Waals surface area contributed by atoms with E-state index in [1.807, 2.05) is 6.07 Å². The van der Waals surface area contributed by atoms with Gasteiger partial charge in [0.25, 0.3) is 0 Å². The first-order chi connectivity index (χ1) is 13.7. The molecule has 0 saturated carbocycles. The molecule has 0 radical (unpaired) electrons. The van der Waals surface area contributed by atoms with Gasteiger partial charge >= 0.3 is 0 Å². The van der Waals surface area contributed by atoms with Gasteiger partial charge < -0.3 is 20.6 Å². The van der Waals surface area contributed by atoms with Crippen LogP contribution in [0.1, 0.15) is 36.0 Å². The van der Waals surface area contributed by atoms with Crippen LogP contribution in [0.15, 0.2) is 47.5 Å². The van der Waals surface area contributed by atoms with E-state index in [0.717, 1.165) is 43.9 Å². The molecule has 148 valence electrons. The lowest BCUT2D eigenvalue weighted by Crippen LogP contribution is -2.44. The highest BCUT2D eigenvalue weighted by Crippen LogP contribution is 2.30. The van der Waals surface area contributed by atoms with E-state index < -0.39 is 0 Å². The molecule has 0 spiro atoms. The molecule has 1 aliphatic heterocycles. The molecule has 1 aliphatic carbocycles. The van der Waals surface area contributed by atoms with E-state index >= 15 is 0 Å². The molecule has 2 aromatic carbocycles. The summed E-state index contributed by atoms with van der Waals surface area (Å²) in [5, 5.41) is 17.4. The maximum absolute atomic E-state index is 10.4. The van der Waals surface area contributed by atoms with Crippen molar-refractivity contribution >= 4 is 11.6 Å². The number of aliphatic imine (C=N–C) groups is 1. The SMILES string of the molecule is CN=C(NCc1c(O)ccc2c1CCCC2)NC1CCN(c2ccccc2)C1. The van der Waals surface area contributed by atoms with Crippen molar-refractivity contribution in [1.82, 2.24) is 10.6 Å². The first-order valence-corrected chi connectivity index (χ1v) is 10.3. The summed E-state index contributed by atoms with van der Waals surface area (Å²) in [6.45, 7) is 2.62. The fourth-order valence-electron chi connectivity index (χ4n) is 4.40. The highest BCUT2D eigenvalue weighted by Gasteiger charge is 2.23. The molecule has 2 aliphatic rings. The number of para-hydroxylation sites is 1. The molecule has 0 aromatic heterocycles. The van der Waals surface area contributed by atoms with Crippen molar-refractivity contribution in [3.8, 4) is 5.75 Å². The van der Waals surface area contributed by atoms with Crippen molar-refractivity contribution in [2.45, 2.75) is 44.7 Å². The van der Waals surface area contributed by atoms with Crippen LogP contribution in [0.4, 0.5) is 5.69 Å². The summed E-state index contributed by atoms with van der Waals surface area (Å²) in [7, 11) is 1.81. The highest BCUT2D eigenvalue weighted by atomic mass is 16.3. The number of guanidine groups is 1. The molecule has 3 N–H and O–H groups in total. The molecule has 5 heteroatoms. The zero-order valence-electron chi connectivity index (χ0n) is 16.6. The van der Waals surface area contributed by atoms with Gasteiger partial charge in [-0.1, -0.05) is 24.3 Å². The van der Waals surface area contributed by atoms with E-state index in [2.05, 4.69) is 56.9 Å². The highest BCUT2D eigenvalue weighted by molar-refractivity contribution is 5.80. The number of nitrogens with one attached hydrogen (secondary N) is 2. The Bertz CT molecular complexity index is 834. The van der Waals surface area contributed by atoms with Crippen LogP contribution in [0, 0.1) is 0 Å². The molecule has 1 atom stereocenters. The Labute approximate surface area is 167 Å². The maximum atomic E-state index is 10.4. The Morgan fingerprint density at radius 1 is 1.14 bits per heavy atom. The molecular formula is C23H30N4O. The normalized spacial score (nSPS) is 19.4. The molecule has 28 heavy (non-hydrogen) atoms. The lowest BCUT2D eigenvalue weighted by atomic mass is 9.88. The number of benzene rings is 2. The number of aryl methyl sites for hydroxylation is 1. The van der Waals surface area contributed by atoms with E-state index in [0.29, 0.717) is 18.3 Å². The molecule has 4 rings (SSSR count). The van der Waals surface area contributed by atoms with Crippen LogP contribution < -0.4 is 15.5 Å². The second-order valence-corrected chi connectivity index (χ2v) is 7.75. The largest absolute Gasteiger partial charge is 0.508 e. The first-order valence-electron chi connectivity index (χ1n) is 10.3. The van der Waals surface area contributed by atoms with Crippen LogP contribution in [-0.4, -0.2) is 37.2 Å². The van der Waals surface area contributed by atoms with Crippen molar-refractivity contribution in [3.63, 3.8) is 0 Å². The van der Waals surface area contributed by atoms with Crippen molar-refractivity contribution in [2.75, 3.05) is 25.0 Å². The number of nitrogens with zero attached hydrogens (tertiary/aromatic N) is 2. The summed E-state index contributed by atoms with van der Waals surface area (Å²) >= 11 is 0. The molecule has 2 aromatic rings. The Kier molecular flexibility index (Phi) is 5.70. The first kappa shape index (κ1) is 18.7. The second-order valence-electron chi connectivity index (χ2n) is 7.75. The zero-order valence-corrected chi connectivity index (χ0v) is 16.6. The van der Waals surface area contributed by atoms with Gasteiger partial charge in [-0.25, -0.2) is 0 Å². The van der Waals surface area contributed by atoms with Gasteiger partial charge in [0.1, 0.15) is 5.75 Å². The Balaban J connectivity index is 1.36. The predicted octanol–water partition coefficient (Wildman–Crippen LogP) is 3.21. The third-order valence-electron chi connectivity index (χ3n) is 5.93. The number of anilines is 1. The van der Waals surface area contributed by atoms with Gasteiger partial charge in [-0.3, -0.25) is 4.99 Å². The van der Waals surface area contributed by atoms with E-state index in [-0.39, 0.29) is 0 Å². The summed E-state index contributed by atoms with van der Waals surface area (Å²) in [5.41, 5.74) is 5.01. The van der Waals surface area contributed by atoms with E-state index in [1.54, 1.807) is 7.05 Å². The van der Waals surface area contributed by atoms with Gasteiger partial charge in [-0.15, -0.1) is 0 Å². The Morgan fingerprint density at radius 2 is 1.96 bits per heavy atom. The minimum absolute atomic E-state index is 0.365. The predicted molar refractivity (Wildman–Crippen MR) is 115 cm³/mol. The number of hydrogen-bond donors (Lipinski definition) is 3. The van der Waals surface area contributed by atoms with Gasteiger partial charge in [0, 0.05) is 44.0 Å². The van der Waals surface area contributed by atoms with Crippen LogP contribution in [0.5, 0.6) is 5.75 Å². The van der Waals surface area contributed by atoms with Crippen molar-refractivity contribution < 1.29 is 5.11 Å². The quantitative estimate of drug-likeness (QED) is 0.565. The molecule has 1 heterocycles. The molecular weight excluding hydrogens is 348 g/mol. The fourth-order valence-corrected chi connectivity index (χ4v) is 4.40.